The summed E-state index contributed by atoms with van der Waals surface area (Å²) in [4.78, 5) is 21.9. The van der Waals surface area contributed by atoms with Crippen LogP contribution in [0.4, 0.5) is 5.82 Å². The Morgan fingerprint density at radius 3 is 2.55 bits per heavy atom. The van der Waals surface area contributed by atoms with Gasteiger partial charge in [0.1, 0.15) is 23.9 Å². The lowest BCUT2D eigenvalue weighted by Gasteiger charge is -2.32. The molecule has 0 bridgehead atoms. The maximum Gasteiger partial charge on any atom is 0.358 e. The predicted molar refractivity (Wildman–Crippen MR) is 110 cm³/mol. The van der Waals surface area contributed by atoms with Gasteiger partial charge < -0.3 is 24.2 Å². The monoisotopic (exact) mass is 403 g/mol. The van der Waals surface area contributed by atoms with Gasteiger partial charge in [0.05, 0.1) is 32.2 Å². The lowest BCUT2D eigenvalue weighted by Crippen LogP contribution is -2.38. The Bertz CT molecular complexity index is 746. The van der Waals surface area contributed by atoms with Crippen molar-refractivity contribution in [3.8, 4) is 11.5 Å². The summed E-state index contributed by atoms with van der Waals surface area (Å²) in [5, 5.41) is 9.40. The van der Waals surface area contributed by atoms with Gasteiger partial charge in [0.2, 0.25) is 0 Å². The standard InChI is InChI=1S/C19H23N3O5.C2H6/c1-25-19(24)17-12-21-18(13-20-17)22-7-5-15(6-8-22)26-9-10-27-16-4-2-3-14(23)11-16;1-2/h2-4,11-13,15,23H,5-10H2,1H3;1-2H3. The van der Waals surface area contributed by atoms with Crippen LogP contribution in [-0.2, 0) is 9.47 Å². The number of phenolic OH excluding ortho intramolecular Hbond substituents is 1. The van der Waals surface area contributed by atoms with Gasteiger partial charge in [-0.2, -0.15) is 0 Å². The highest BCUT2D eigenvalue weighted by molar-refractivity contribution is 5.86. The lowest BCUT2D eigenvalue weighted by atomic mass is 10.1. The SMILES string of the molecule is CC.COC(=O)c1cnc(N2CCC(OCCOc3cccc(O)c3)CC2)cn1. The second-order valence-corrected chi connectivity index (χ2v) is 6.15. The maximum atomic E-state index is 11.4. The van der Waals surface area contributed by atoms with Crippen LogP contribution in [0.25, 0.3) is 0 Å². The number of hydrogen-bond donors (Lipinski definition) is 1. The molecule has 158 valence electrons. The lowest BCUT2D eigenvalue weighted by molar-refractivity contribution is 0.0202. The van der Waals surface area contributed by atoms with Crippen molar-refractivity contribution in [1.82, 2.24) is 9.97 Å². The number of aromatic nitrogens is 2. The van der Waals surface area contributed by atoms with Crippen LogP contribution in [-0.4, -0.2) is 60.6 Å². The molecule has 0 unspecified atom stereocenters. The highest BCUT2D eigenvalue weighted by Gasteiger charge is 2.21. The molecule has 3 rings (SSSR count). The molecule has 0 atom stereocenters. The van der Waals surface area contributed by atoms with Crippen molar-refractivity contribution >= 4 is 11.8 Å². The van der Waals surface area contributed by atoms with Crippen molar-refractivity contribution < 1.29 is 24.1 Å². The minimum Gasteiger partial charge on any atom is -0.508 e. The van der Waals surface area contributed by atoms with Crippen molar-refractivity contribution in [3.05, 3.63) is 42.4 Å². The van der Waals surface area contributed by atoms with E-state index >= 15 is 0 Å². The summed E-state index contributed by atoms with van der Waals surface area (Å²) in [5.41, 5.74) is 0.200. The molecule has 1 aromatic carbocycles. The molecule has 8 nitrogen and oxygen atoms in total. The minimum absolute atomic E-state index is 0.177. The zero-order valence-electron chi connectivity index (χ0n) is 17.2. The molecule has 0 spiro atoms. The molecule has 1 fully saturated rings. The van der Waals surface area contributed by atoms with E-state index in [1.807, 2.05) is 13.8 Å². The summed E-state index contributed by atoms with van der Waals surface area (Å²) < 4.78 is 16.1. The van der Waals surface area contributed by atoms with Crippen molar-refractivity contribution in [2.24, 2.45) is 0 Å². The van der Waals surface area contributed by atoms with Crippen LogP contribution in [0.15, 0.2) is 36.7 Å². The van der Waals surface area contributed by atoms with E-state index in [0.29, 0.717) is 19.0 Å². The van der Waals surface area contributed by atoms with Crippen molar-refractivity contribution in [3.63, 3.8) is 0 Å². The van der Waals surface area contributed by atoms with E-state index in [0.717, 1.165) is 31.7 Å². The quantitative estimate of drug-likeness (QED) is 0.557. The minimum atomic E-state index is -0.492. The van der Waals surface area contributed by atoms with Crippen LogP contribution in [0.1, 0.15) is 37.2 Å². The van der Waals surface area contributed by atoms with E-state index in [2.05, 4.69) is 19.6 Å². The molecule has 1 aliphatic rings. The van der Waals surface area contributed by atoms with E-state index in [1.54, 1.807) is 30.5 Å². The van der Waals surface area contributed by atoms with Gasteiger partial charge in [0, 0.05) is 19.2 Å². The van der Waals surface area contributed by atoms with Gasteiger partial charge in [-0.25, -0.2) is 14.8 Å². The van der Waals surface area contributed by atoms with Gasteiger partial charge in [-0.05, 0) is 25.0 Å². The number of methoxy groups -OCH3 is 1. The molecular weight excluding hydrogens is 374 g/mol. The van der Waals surface area contributed by atoms with Gasteiger partial charge in [0.15, 0.2) is 5.69 Å². The van der Waals surface area contributed by atoms with Crippen LogP contribution in [0.2, 0.25) is 0 Å². The van der Waals surface area contributed by atoms with E-state index < -0.39 is 5.97 Å². The Labute approximate surface area is 171 Å². The number of esters is 1. The molecule has 2 aromatic rings. The molecule has 0 radical (unpaired) electrons. The fraction of sp³-hybridized carbons (Fsp3) is 0.476. The Balaban J connectivity index is 0.00000145. The number of rotatable bonds is 7. The number of carbonyl (C=O) groups is 1. The summed E-state index contributed by atoms with van der Waals surface area (Å²) in [6.07, 6.45) is 4.97. The number of anilines is 1. The second-order valence-electron chi connectivity index (χ2n) is 6.15. The normalized spacial score (nSPS) is 14.0. The summed E-state index contributed by atoms with van der Waals surface area (Å²) in [5.74, 6) is 1.06. The topological polar surface area (TPSA) is 94.0 Å². The van der Waals surface area contributed by atoms with E-state index in [1.165, 1.54) is 13.3 Å². The van der Waals surface area contributed by atoms with Gasteiger partial charge >= 0.3 is 5.97 Å². The molecule has 2 heterocycles. The van der Waals surface area contributed by atoms with Crippen LogP contribution in [0.5, 0.6) is 11.5 Å². The first kappa shape index (κ1) is 22.4. The Hall–Kier alpha value is -2.87. The molecule has 1 aromatic heterocycles. The summed E-state index contributed by atoms with van der Waals surface area (Å²) in [6.45, 7) is 6.55. The van der Waals surface area contributed by atoms with E-state index in [-0.39, 0.29) is 17.5 Å². The van der Waals surface area contributed by atoms with Crippen LogP contribution >= 0.6 is 0 Å². The fourth-order valence-electron chi connectivity index (χ4n) is 2.89. The average molecular weight is 403 g/mol. The highest BCUT2D eigenvalue weighted by Crippen LogP contribution is 2.20. The third kappa shape index (κ3) is 6.90. The zero-order chi connectivity index (χ0) is 21.1. The average Bonchev–Trinajstić information content (AvgIpc) is 2.78. The molecule has 1 saturated heterocycles. The summed E-state index contributed by atoms with van der Waals surface area (Å²) >= 11 is 0. The largest absolute Gasteiger partial charge is 0.508 e. The molecule has 1 aliphatic heterocycles. The van der Waals surface area contributed by atoms with Crippen molar-refractivity contribution in [1.29, 1.82) is 0 Å². The number of aromatic hydroxyl groups is 1. The predicted octanol–water partition coefficient (Wildman–Crippen LogP) is 3.06. The number of carbonyl (C=O) groups excluding carboxylic acids is 1. The second kappa shape index (κ2) is 11.9. The number of phenols is 1. The molecule has 1 N–H and O–H groups in total. The van der Waals surface area contributed by atoms with Gasteiger partial charge in [-0.3, -0.25) is 0 Å². The smallest absolute Gasteiger partial charge is 0.358 e. The van der Waals surface area contributed by atoms with Gasteiger partial charge in [-0.1, -0.05) is 19.9 Å². The number of piperidine rings is 1. The van der Waals surface area contributed by atoms with E-state index in [9.17, 15) is 9.90 Å². The zero-order valence-corrected chi connectivity index (χ0v) is 17.2. The third-order valence-electron chi connectivity index (χ3n) is 4.32. The van der Waals surface area contributed by atoms with E-state index in [4.69, 9.17) is 9.47 Å². The van der Waals surface area contributed by atoms with Gasteiger partial charge in [-0.15, -0.1) is 0 Å². The van der Waals surface area contributed by atoms with Gasteiger partial charge in [0.25, 0.3) is 0 Å². The fourth-order valence-corrected chi connectivity index (χ4v) is 2.89. The molecular formula is C21H29N3O5. The maximum absolute atomic E-state index is 11.4. The highest BCUT2D eigenvalue weighted by atomic mass is 16.5. The van der Waals surface area contributed by atoms with Crippen LogP contribution < -0.4 is 9.64 Å². The van der Waals surface area contributed by atoms with Crippen LogP contribution in [0, 0.1) is 0 Å². The first-order chi connectivity index (χ1) is 14.2. The Kier molecular flexibility index (Phi) is 9.17. The first-order valence-corrected chi connectivity index (χ1v) is 9.84. The van der Waals surface area contributed by atoms with Crippen molar-refractivity contribution in [2.75, 3.05) is 38.3 Å². The molecule has 8 heteroatoms. The molecule has 0 amide bonds. The number of ether oxygens (including phenoxy) is 3. The number of hydrogen-bond acceptors (Lipinski definition) is 8. The van der Waals surface area contributed by atoms with Crippen LogP contribution in [0.3, 0.4) is 0 Å². The number of benzene rings is 1. The Morgan fingerprint density at radius 2 is 1.93 bits per heavy atom. The molecule has 29 heavy (non-hydrogen) atoms. The molecule has 0 aliphatic carbocycles. The third-order valence-corrected chi connectivity index (χ3v) is 4.32. The summed E-state index contributed by atoms with van der Waals surface area (Å²) in [6, 6.07) is 6.71. The van der Waals surface area contributed by atoms with Crippen molar-refractivity contribution in [2.45, 2.75) is 32.8 Å². The summed E-state index contributed by atoms with van der Waals surface area (Å²) in [7, 11) is 1.32. The first-order valence-electron chi connectivity index (χ1n) is 9.84. The number of nitrogens with zero attached hydrogens (tertiary/aromatic N) is 3. The molecule has 0 saturated carbocycles. The Morgan fingerprint density at radius 1 is 1.17 bits per heavy atom.